The van der Waals surface area contributed by atoms with Gasteiger partial charge in [-0.3, -0.25) is 0 Å². The van der Waals surface area contributed by atoms with Crippen LogP contribution in [0.2, 0.25) is 0 Å². The Balaban J connectivity index is 2.00. The molecule has 0 bridgehead atoms. The van der Waals surface area contributed by atoms with E-state index in [-0.39, 0.29) is 0 Å². The van der Waals surface area contributed by atoms with Crippen molar-refractivity contribution in [1.82, 2.24) is 0 Å². The van der Waals surface area contributed by atoms with Crippen LogP contribution in [0.15, 0.2) is 23.3 Å². The van der Waals surface area contributed by atoms with E-state index >= 15 is 0 Å². The normalized spacial score (nSPS) is 43.1. The smallest absolute Gasteiger partial charge is 0.0100 e. The maximum absolute atomic E-state index is 2.66. The van der Waals surface area contributed by atoms with E-state index in [1.165, 1.54) is 44.9 Å². The zero-order valence-electron chi connectivity index (χ0n) is 14.2. The zero-order chi connectivity index (χ0) is 14.6. The third kappa shape index (κ3) is 2.02. The molecule has 0 nitrogen and oxygen atoms in total. The number of fused-ring (bicyclic) bond motifs is 3. The minimum absolute atomic E-state index is 0.389. The first-order valence-electron chi connectivity index (χ1n) is 8.72. The highest BCUT2D eigenvalue weighted by atomic mass is 14.5. The van der Waals surface area contributed by atoms with Crippen LogP contribution >= 0.6 is 0 Å². The van der Waals surface area contributed by atoms with E-state index in [0.29, 0.717) is 16.2 Å². The molecule has 20 heavy (non-hydrogen) atoms. The molecule has 1 fully saturated rings. The van der Waals surface area contributed by atoms with E-state index in [0.717, 1.165) is 5.92 Å². The van der Waals surface area contributed by atoms with Crippen LogP contribution in [0.5, 0.6) is 0 Å². The molecule has 0 aromatic rings. The Bertz CT molecular complexity index is 464. The van der Waals surface area contributed by atoms with Gasteiger partial charge in [-0.2, -0.15) is 0 Å². The van der Waals surface area contributed by atoms with Crippen molar-refractivity contribution in [2.45, 2.75) is 79.6 Å². The van der Waals surface area contributed by atoms with Crippen LogP contribution in [0.25, 0.3) is 0 Å². The lowest BCUT2D eigenvalue weighted by molar-refractivity contribution is 0.162. The molecule has 0 N–H and O–H groups in total. The summed E-state index contributed by atoms with van der Waals surface area (Å²) in [7, 11) is 0. The molecule has 1 saturated carbocycles. The fraction of sp³-hybridized carbons (Fsp3) is 0.800. The number of hydrogen-bond donors (Lipinski definition) is 0. The molecule has 0 heterocycles. The Hall–Kier alpha value is -0.520. The summed E-state index contributed by atoms with van der Waals surface area (Å²) in [5.41, 5.74) is 4.94. The fourth-order valence-electron chi connectivity index (χ4n) is 5.45. The van der Waals surface area contributed by atoms with Gasteiger partial charge in [0.25, 0.3) is 0 Å². The molecule has 0 saturated heterocycles. The van der Waals surface area contributed by atoms with Gasteiger partial charge in [0.1, 0.15) is 0 Å². The Morgan fingerprint density at radius 1 is 1.10 bits per heavy atom. The fourth-order valence-corrected chi connectivity index (χ4v) is 5.45. The minimum atomic E-state index is 0.389. The van der Waals surface area contributed by atoms with Crippen LogP contribution in [0, 0.1) is 22.2 Å². The summed E-state index contributed by atoms with van der Waals surface area (Å²) < 4.78 is 0. The van der Waals surface area contributed by atoms with Gasteiger partial charge in [0.05, 0.1) is 0 Å². The summed E-state index contributed by atoms with van der Waals surface area (Å²) in [5.74, 6) is 0.830. The average Bonchev–Trinajstić information content (AvgIpc) is 2.37. The van der Waals surface area contributed by atoms with Crippen LogP contribution in [0.3, 0.4) is 0 Å². The molecule has 0 aromatic carbocycles. The van der Waals surface area contributed by atoms with E-state index < -0.39 is 0 Å². The van der Waals surface area contributed by atoms with Gasteiger partial charge in [0, 0.05) is 5.41 Å². The van der Waals surface area contributed by atoms with Crippen molar-refractivity contribution in [3.63, 3.8) is 0 Å². The van der Waals surface area contributed by atoms with Gasteiger partial charge >= 0.3 is 0 Å². The van der Waals surface area contributed by atoms with Crippen molar-refractivity contribution in [1.29, 1.82) is 0 Å². The molecule has 112 valence electrons. The summed E-state index contributed by atoms with van der Waals surface area (Å²) in [6.45, 7) is 12.3. The molecule has 3 atom stereocenters. The van der Waals surface area contributed by atoms with Gasteiger partial charge in [-0.25, -0.2) is 0 Å². The lowest BCUT2D eigenvalue weighted by Crippen LogP contribution is -2.42. The predicted molar refractivity (Wildman–Crippen MR) is 87.6 cm³/mol. The lowest BCUT2D eigenvalue weighted by atomic mass is 9.51. The molecule has 0 spiro atoms. The van der Waals surface area contributed by atoms with Crippen LogP contribution in [-0.2, 0) is 0 Å². The molecule has 0 aromatic heterocycles. The van der Waals surface area contributed by atoms with E-state index in [4.69, 9.17) is 0 Å². The van der Waals surface area contributed by atoms with Crippen molar-refractivity contribution in [2.75, 3.05) is 0 Å². The van der Waals surface area contributed by atoms with E-state index in [2.05, 4.69) is 46.8 Å². The lowest BCUT2D eigenvalue weighted by Gasteiger charge is -2.54. The molecule has 0 amide bonds. The molecule has 0 radical (unpaired) electrons. The molecular formula is C20H32. The molecule has 0 aliphatic heterocycles. The van der Waals surface area contributed by atoms with Gasteiger partial charge in [0.2, 0.25) is 0 Å². The van der Waals surface area contributed by atoms with Gasteiger partial charge in [-0.1, -0.05) is 70.8 Å². The maximum atomic E-state index is 2.66. The monoisotopic (exact) mass is 272 g/mol. The van der Waals surface area contributed by atoms with Gasteiger partial charge < -0.3 is 0 Å². The first-order valence-corrected chi connectivity index (χ1v) is 8.72. The van der Waals surface area contributed by atoms with E-state index in [9.17, 15) is 0 Å². The number of hydrogen-bond acceptors (Lipinski definition) is 0. The largest absolute Gasteiger partial charge is 0.0836 e. The Morgan fingerprint density at radius 3 is 2.55 bits per heavy atom. The summed E-state index contributed by atoms with van der Waals surface area (Å²) in [6.07, 6.45) is 14.8. The first-order chi connectivity index (χ1) is 9.31. The van der Waals surface area contributed by atoms with Crippen molar-refractivity contribution in [3.8, 4) is 0 Å². The van der Waals surface area contributed by atoms with Crippen LogP contribution in [0.4, 0.5) is 0 Å². The van der Waals surface area contributed by atoms with Crippen LogP contribution < -0.4 is 0 Å². The zero-order valence-corrected chi connectivity index (χ0v) is 14.2. The minimum Gasteiger partial charge on any atom is -0.0836 e. The molecule has 3 aliphatic rings. The summed E-state index contributed by atoms with van der Waals surface area (Å²) in [6, 6.07) is 0. The Morgan fingerprint density at radius 2 is 1.85 bits per heavy atom. The molecule has 0 heteroatoms. The topological polar surface area (TPSA) is 0 Å². The SMILES string of the molecule is CC[C@]1(C)CC=C2[C@@H](CC=C3C(C)(C)CCC[C@]23C)C1. The van der Waals surface area contributed by atoms with Gasteiger partial charge in [-0.15, -0.1) is 0 Å². The van der Waals surface area contributed by atoms with Crippen LogP contribution in [0.1, 0.15) is 79.6 Å². The second kappa shape index (κ2) is 4.49. The summed E-state index contributed by atoms with van der Waals surface area (Å²) in [5, 5.41) is 0. The second-order valence-electron chi connectivity index (χ2n) is 8.85. The van der Waals surface area contributed by atoms with Gasteiger partial charge in [0.15, 0.2) is 0 Å². The highest BCUT2D eigenvalue weighted by Gasteiger charge is 2.49. The highest BCUT2D eigenvalue weighted by molar-refractivity contribution is 5.40. The first kappa shape index (κ1) is 14.4. The summed E-state index contributed by atoms with van der Waals surface area (Å²) in [4.78, 5) is 0. The number of allylic oxidation sites excluding steroid dienone is 4. The second-order valence-corrected chi connectivity index (χ2v) is 8.85. The molecular weight excluding hydrogens is 240 g/mol. The molecule has 3 aliphatic carbocycles. The summed E-state index contributed by atoms with van der Waals surface area (Å²) >= 11 is 0. The van der Waals surface area contributed by atoms with E-state index in [1.54, 1.807) is 5.57 Å². The Kier molecular flexibility index (Phi) is 3.23. The highest BCUT2D eigenvalue weighted by Crippen LogP contribution is 2.61. The van der Waals surface area contributed by atoms with Gasteiger partial charge in [-0.05, 0) is 48.9 Å². The van der Waals surface area contributed by atoms with Crippen molar-refractivity contribution < 1.29 is 0 Å². The maximum Gasteiger partial charge on any atom is 0.0100 e. The molecule has 3 rings (SSSR count). The third-order valence-corrected chi connectivity index (χ3v) is 6.89. The quantitative estimate of drug-likeness (QED) is 0.492. The van der Waals surface area contributed by atoms with Crippen molar-refractivity contribution in [3.05, 3.63) is 23.3 Å². The van der Waals surface area contributed by atoms with Crippen molar-refractivity contribution >= 4 is 0 Å². The average molecular weight is 272 g/mol. The van der Waals surface area contributed by atoms with E-state index in [1.807, 2.05) is 5.57 Å². The van der Waals surface area contributed by atoms with Crippen LogP contribution in [-0.4, -0.2) is 0 Å². The molecule has 0 unspecified atom stereocenters. The number of rotatable bonds is 1. The Labute approximate surface area is 125 Å². The standard InChI is InChI=1S/C20H32/c1-6-19(4)13-10-16-15(14-19)8-9-17-18(2,3)11-7-12-20(16,17)5/h9-10,15H,6-8,11-14H2,1-5H3/t15-,19+,20+/m0/s1. The van der Waals surface area contributed by atoms with Crippen molar-refractivity contribution in [2.24, 2.45) is 22.2 Å². The predicted octanol–water partition coefficient (Wildman–Crippen LogP) is 6.29. The third-order valence-electron chi connectivity index (χ3n) is 6.89.